The molecule has 0 atom stereocenters. The number of aromatic nitrogens is 3. The molecule has 0 bridgehead atoms. The molecule has 6 heteroatoms. The fourth-order valence-corrected chi connectivity index (χ4v) is 2.56. The van der Waals surface area contributed by atoms with Crippen LogP contribution >= 0.6 is 11.6 Å². The molecule has 2 aromatic heterocycles. The molecule has 0 aliphatic carbocycles. The van der Waals surface area contributed by atoms with Crippen molar-refractivity contribution in [3.63, 3.8) is 0 Å². The Labute approximate surface area is 133 Å². The van der Waals surface area contributed by atoms with Gasteiger partial charge in [-0.15, -0.1) is 0 Å². The van der Waals surface area contributed by atoms with E-state index >= 15 is 0 Å². The number of ether oxygens (including phenoxy) is 1. The largest absolute Gasteiger partial charge is 0.495 e. The van der Waals surface area contributed by atoms with Crippen LogP contribution in [0.3, 0.4) is 0 Å². The molecule has 0 fully saturated rings. The van der Waals surface area contributed by atoms with Gasteiger partial charge in [-0.3, -0.25) is 0 Å². The number of halogens is 1. The first kappa shape index (κ1) is 14.7. The highest BCUT2D eigenvalue weighted by molar-refractivity contribution is 6.31. The zero-order valence-corrected chi connectivity index (χ0v) is 13.7. The summed E-state index contributed by atoms with van der Waals surface area (Å²) in [6, 6.07) is 5.77. The molecule has 0 spiro atoms. The summed E-state index contributed by atoms with van der Waals surface area (Å²) < 4.78 is 5.40. The summed E-state index contributed by atoms with van der Waals surface area (Å²) in [6.45, 7) is 5.81. The number of hydrogen-bond acceptors (Lipinski definition) is 4. The van der Waals surface area contributed by atoms with Crippen LogP contribution in [0.4, 0.5) is 11.5 Å². The lowest BCUT2D eigenvalue weighted by Crippen LogP contribution is -2.00. The first-order valence-electron chi connectivity index (χ1n) is 6.93. The molecule has 114 valence electrons. The van der Waals surface area contributed by atoms with Crippen molar-refractivity contribution in [2.45, 2.75) is 20.8 Å². The summed E-state index contributed by atoms with van der Waals surface area (Å²) in [5.74, 6) is 2.11. The minimum Gasteiger partial charge on any atom is -0.495 e. The first-order chi connectivity index (χ1) is 10.5. The monoisotopic (exact) mass is 316 g/mol. The number of aromatic amines is 1. The number of hydrogen-bond donors (Lipinski definition) is 2. The van der Waals surface area contributed by atoms with Gasteiger partial charge in [0.15, 0.2) is 0 Å². The maximum Gasteiger partial charge on any atom is 0.143 e. The highest BCUT2D eigenvalue weighted by atomic mass is 35.5. The average Bonchev–Trinajstić information content (AvgIpc) is 2.83. The Kier molecular flexibility index (Phi) is 3.66. The second kappa shape index (κ2) is 5.50. The summed E-state index contributed by atoms with van der Waals surface area (Å²) in [7, 11) is 1.62. The van der Waals surface area contributed by atoms with E-state index in [0.717, 1.165) is 33.8 Å². The molecule has 0 amide bonds. The third-order valence-electron chi connectivity index (χ3n) is 3.47. The standard InChI is InChI=1S/C16H17ClN4O/c1-8-5-13(14(22-4)7-12(8)17)21-16-11-6-9(2)18-15(11)19-10(3)20-16/h5-7H,1-4H3,(H2,18,19,20,21). The van der Waals surface area contributed by atoms with Gasteiger partial charge in [0, 0.05) is 16.8 Å². The lowest BCUT2D eigenvalue weighted by atomic mass is 10.2. The van der Waals surface area contributed by atoms with E-state index in [-0.39, 0.29) is 0 Å². The van der Waals surface area contributed by atoms with E-state index in [1.165, 1.54) is 0 Å². The zero-order valence-electron chi connectivity index (χ0n) is 12.9. The quantitative estimate of drug-likeness (QED) is 0.756. The molecule has 1 aromatic carbocycles. The molecule has 0 unspecified atom stereocenters. The Hall–Kier alpha value is -2.27. The molecular formula is C16H17ClN4O. The normalized spacial score (nSPS) is 11.0. The number of nitrogens with zero attached hydrogens (tertiary/aromatic N) is 2. The smallest absolute Gasteiger partial charge is 0.143 e. The molecule has 22 heavy (non-hydrogen) atoms. The number of methoxy groups -OCH3 is 1. The molecule has 5 nitrogen and oxygen atoms in total. The Morgan fingerprint density at radius 1 is 1.14 bits per heavy atom. The highest BCUT2D eigenvalue weighted by Gasteiger charge is 2.12. The van der Waals surface area contributed by atoms with Crippen molar-refractivity contribution < 1.29 is 4.74 Å². The maximum absolute atomic E-state index is 6.15. The Morgan fingerprint density at radius 3 is 2.64 bits per heavy atom. The predicted octanol–water partition coefficient (Wildman–Crippen LogP) is 4.29. The van der Waals surface area contributed by atoms with Crippen LogP contribution in [-0.2, 0) is 0 Å². The van der Waals surface area contributed by atoms with E-state index in [4.69, 9.17) is 16.3 Å². The third-order valence-corrected chi connectivity index (χ3v) is 3.87. The van der Waals surface area contributed by atoms with Crippen LogP contribution in [0, 0.1) is 20.8 Å². The van der Waals surface area contributed by atoms with Crippen LogP contribution in [0.1, 0.15) is 17.1 Å². The third kappa shape index (κ3) is 2.60. The van der Waals surface area contributed by atoms with Crippen LogP contribution in [0.2, 0.25) is 5.02 Å². The van der Waals surface area contributed by atoms with E-state index in [1.54, 1.807) is 13.2 Å². The molecule has 0 saturated carbocycles. The second-order valence-corrected chi connectivity index (χ2v) is 5.67. The van der Waals surface area contributed by atoms with Gasteiger partial charge in [0.2, 0.25) is 0 Å². The number of H-pyrrole nitrogens is 1. The van der Waals surface area contributed by atoms with Gasteiger partial charge in [-0.25, -0.2) is 9.97 Å². The average molecular weight is 317 g/mol. The van der Waals surface area contributed by atoms with Crippen LogP contribution in [0.25, 0.3) is 11.0 Å². The summed E-state index contributed by atoms with van der Waals surface area (Å²) in [4.78, 5) is 12.2. The predicted molar refractivity (Wildman–Crippen MR) is 89.4 cm³/mol. The first-order valence-corrected chi connectivity index (χ1v) is 7.31. The molecule has 0 aliphatic rings. The number of benzene rings is 1. The van der Waals surface area contributed by atoms with Crippen molar-refractivity contribution >= 4 is 34.1 Å². The molecule has 2 heterocycles. The van der Waals surface area contributed by atoms with Crippen LogP contribution < -0.4 is 10.1 Å². The van der Waals surface area contributed by atoms with Gasteiger partial charge in [-0.1, -0.05) is 11.6 Å². The van der Waals surface area contributed by atoms with Crippen molar-refractivity contribution in [3.05, 3.63) is 40.3 Å². The van der Waals surface area contributed by atoms with Gasteiger partial charge in [0.25, 0.3) is 0 Å². The fourth-order valence-electron chi connectivity index (χ4n) is 2.41. The minimum absolute atomic E-state index is 0.670. The van der Waals surface area contributed by atoms with Gasteiger partial charge >= 0.3 is 0 Å². The van der Waals surface area contributed by atoms with Crippen molar-refractivity contribution in [2.75, 3.05) is 12.4 Å². The van der Waals surface area contributed by atoms with Gasteiger partial charge in [0.1, 0.15) is 23.0 Å². The minimum atomic E-state index is 0.670. The molecular weight excluding hydrogens is 300 g/mol. The summed E-state index contributed by atoms with van der Waals surface area (Å²) >= 11 is 6.15. The number of anilines is 2. The maximum atomic E-state index is 6.15. The summed E-state index contributed by atoms with van der Waals surface area (Å²) in [6.07, 6.45) is 0. The number of aryl methyl sites for hydroxylation is 3. The summed E-state index contributed by atoms with van der Waals surface area (Å²) in [5, 5.41) is 4.95. The number of nitrogens with one attached hydrogen (secondary N) is 2. The molecule has 0 saturated heterocycles. The van der Waals surface area contributed by atoms with E-state index in [9.17, 15) is 0 Å². The van der Waals surface area contributed by atoms with Crippen LogP contribution in [0.15, 0.2) is 18.2 Å². The fraction of sp³-hybridized carbons (Fsp3) is 0.250. The van der Waals surface area contributed by atoms with Gasteiger partial charge in [-0.2, -0.15) is 0 Å². The Bertz CT molecular complexity index is 857. The van der Waals surface area contributed by atoms with Gasteiger partial charge in [0.05, 0.1) is 18.2 Å². The topological polar surface area (TPSA) is 62.8 Å². The van der Waals surface area contributed by atoms with Crippen molar-refractivity contribution in [1.82, 2.24) is 15.0 Å². The van der Waals surface area contributed by atoms with Crippen molar-refractivity contribution in [2.24, 2.45) is 0 Å². The van der Waals surface area contributed by atoms with Crippen molar-refractivity contribution in [1.29, 1.82) is 0 Å². The van der Waals surface area contributed by atoms with Crippen LogP contribution in [-0.4, -0.2) is 22.1 Å². The molecule has 3 rings (SSSR count). The van der Waals surface area contributed by atoms with Crippen molar-refractivity contribution in [3.8, 4) is 5.75 Å². The lowest BCUT2D eigenvalue weighted by Gasteiger charge is -2.13. The SMILES string of the molecule is COc1cc(Cl)c(C)cc1Nc1nc(C)nc2[nH]c(C)cc12. The second-order valence-electron chi connectivity index (χ2n) is 5.26. The number of rotatable bonds is 3. The van der Waals surface area contributed by atoms with E-state index in [0.29, 0.717) is 16.6 Å². The van der Waals surface area contributed by atoms with E-state index in [2.05, 4.69) is 20.3 Å². The zero-order chi connectivity index (χ0) is 15.9. The summed E-state index contributed by atoms with van der Waals surface area (Å²) in [5.41, 5.74) is 3.65. The molecule has 0 aliphatic heterocycles. The number of fused-ring (bicyclic) bond motifs is 1. The van der Waals surface area contributed by atoms with E-state index < -0.39 is 0 Å². The molecule has 0 radical (unpaired) electrons. The Morgan fingerprint density at radius 2 is 1.91 bits per heavy atom. The molecule has 3 aromatic rings. The highest BCUT2D eigenvalue weighted by Crippen LogP contribution is 2.34. The van der Waals surface area contributed by atoms with Gasteiger partial charge < -0.3 is 15.0 Å². The van der Waals surface area contributed by atoms with Gasteiger partial charge in [-0.05, 0) is 38.5 Å². The van der Waals surface area contributed by atoms with E-state index in [1.807, 2.05) is 32.9 Å². The lowest BCUT2D eigenvalue weighted by molar-refractivity contribution is 0.416. The van der Waals surface area contributed by atoms with Crippen LogP contribution in [0.5, 0.6) is 5.75 Å². The molecule has 2 N–H and O–H groups in total. The Balaban J connectivity index is 2.12.